The van der Waals surface area contributed by atoms with Crippen LogP contribution in [0, 0.1) is 0 Å². The maximum atomic E-state index is 9.65. The van der Waals surface area contributed by atoms with E-state index in [4.69, 9.17) is 0 Å². The maximum absolute atomic E-state index is 9.65. The van der Waals surface area contributed by atoms with E-state index in [1.807, 2.05) is 0 Å². The average Bonchev–Trinajstić information content (AvgIpc) is 1.49. The smallest absolute Gasteiger partial charge is 0.724 e. The maximum Gasteiger partial charge on any atom is 1.00 e. The summed E-state index contributed by atoms with van der Waals surface area (Å²) in [7, 11) is -10.6. The van der Waals surface area contributed by atoms with E-state index in [0.717, 1.165) is 0 Å². The zero-order valence-corrected chi connectivity index (χ0v) is 15.5. The van der Waals surface area contributed by atoms with Crippen LogP contribution in [-0.4, -0.2) is 30.7 Å². The van der Waals surface area contributed by atoms with Gasteiger partial charge in [0.2, 0.25) is 20.8 Å². The Morgan fingerprint density at radius 1 is 0.929 bits per heavy atom. The molecule has 0 rings (SSSR count). The van der Waals surface area contributed by atoms with E-state index in [1.54, 1.807) is 0 Å². The summed E-state index contributed by atoms with van der Waals surface area (Å²) in [6.07, 6.45) is 0. The van der Waals surface area contributed by atoms with E-state index in [9.17, 15) is 25.9 Å². The number of rotatable bonds is 4. The molecule has 0 unspecified atom stereocenters. The standard InChI is InChI=1S/ClH2NO8S2.2K/c1-2(9-11(3,4)5)10-12(6,7)8;;/h(H,3,4,5)(H,6,7,8);;/q;2*+1/p-2. The third-order valence-corrected chi connectivity index (χ3v) is 1.24. The summed E-state index contributed by atoms with van der Waals surface area (Å²) in [5, 5.41) is 0. The number of hydrogen-bond donors (Lipinski definition) is 0. The summed E-state index contributed by atoms with van der Waals surface area (Å²) in [6.45, 7) is 0. The molecular formula is ClK2NO8S2. The molecule has 0 aliphatic heterocycles. The van der Waals surface area contributed by atoms with Crippen molar-refractivity contribution in [2.75, 3.05) is 0 Å². The summed E-state index contributed by atoms with van der Waals surface area (Å²) < 4.78 is 63.0. The molecule has 0 aliphatic carbocycles. The van der Waals surface area contributed by atoms with E-state index in [0.29, 0.717) is 0 Å². The van der Waals surface area contributed by atoms with E-state index < -0.39 is 25.5 Å². The Bertz CT molecular complexity index is 298. The summed E-state index contributed by atoms with van der Waals surface area (Å²) in [6, 6.07) is 0. The Labute approximate surface area is 170 Å². The van der Waals surface area contributed by atoms with Crippen molar-refractivity contribution in [3.05, 3.63) is 0 Å². The van der Waals surface area contributed by atoms with Gasteiger partial charge in [-0.05, 0) is 0 Å². The average molecular weight is 320 g/mol. The molecule has 0 heterocycles. The molecule has 0 bridgehead atoms. The third kappa shape index (κ3) is 17.7. The normalized spacial score (nSPS) is 11.7. The SMILES string of the molecule is O=S(=O)([O-])ON(Cl)OS(=O)(=O)[O-].[K+].[K+]. The van der Waals surface area contributed by atoms with Gasteiger partial charge in [-0.1, -0.05) is 0 Å². The summed E-state index contributed by atoms with van der Waals surface area (Å²) >= 11 is 4.48. The molecule has 0 saturated carbocycles. The molecule has 14 heteroatoms. The van der Waals surface area contributed by atoms with Crippen LogP contribution < -0.4 is 103 Å². The molecular weight excluding hydrogens is 320 g/mol. The molecule has 0 N–H and O–H groups in total. The van der Waals surface area contributed by atoms with Gasteiger partial charge in [0.15, 0.2) is 0 Å². The van der Waals surface area contributed by atoms with Crippen LogP contribution in [0.25, 0.3) is 0 Å². The molecule has 9 nitrogen and oxygen atoms in total. The molecule has 14 heavy (non-hydrogen) atoms. The molecule has 0 aromatic carbocycles. The number of hydrogen-bond acceptors (Lipinski definition) is 9. The predicted octanol–water partition coefficient (Wildman–Crippen LogP) is -7.77. The third-order valence-electron chi connectivity index (χ3n) is 0.300. The zero-order valence-electron chi connectivity index (χ0n) is 6.91. The molecule has 0 radical (unpaired) electrons. The van der Waals surface area contributed by atoms with Gasteiger partial charge in [-0.25, -0.2) is 16.8 Å². The van der Waals surface area contributed by atoms with Crippen LogP contribution in [0.2, 0.25) is 0 Å². The molecule has 74 valence electrons. The summed E-state index contributed by atoms with van der Waals surface area (Å²) in [4.78, 5) is 0. The van der Waals surface area contributed by atoms with E-state index in [2.05, 4.69) is 20.3 Å². The molecule has 0 spiro atoms. The molecule has 0 aromatic rings. The van der Waals surface area contributed by atoms with Crippen molar-refractivity contribution in [2.45, 2.75) is 0 Å². The Morgan fingerprint density at radius 3 is 1.29 bits per heavy atom. The van der Waals surface area contributed by atoms with Crippen LogP contribution in [0.4, 0.5) is 0 Å². The molecule has 0 amide bonds. The Morgan fingerprint density at radius 2 is 1.14 bits per heavy atom. The second-order valence-corrected chi connectivity index (χ2v) is 3.39. The van der Waals surface area contributed by atoms with Crippen LogP contribution in [0.3, 0.4) is 0 Å². The topological polar surface area (TPSA) is 136 Å². The minimum atomic E-state index is -5.28. The van der Waals surface area contributed by atoms with Gasteiger partial charge in [-0.3, -0.25) is 0 Å². The predicted molar refractivity (Wildman–Crippen MR) is 29.3 cm³/mol. The van der Waals surface area contributed by atoms with Crippen molar-refractivity contribution in [1.29, 1.82) is 0 Å². The summed E-state index contributed by atoms with van der Waals surface area (Å²) in [5.74, 6) is 0. The first-order valence-corrected chi connectivity index (χ1v) is 4.87. The van der Waals surface area contributed by atoms with Gasteiger partial charge in [0.1, 0.15) is 0 Å². The largest absolute Gasteiger partial charge is 1.00 e. The van der Waals surface area contributed by atoms with Crippen molar-refractivity contribution in [2.24, 2.45) is 0 Å². The van der Waals surface area contributed by atoms with E-state index in [1.165, 1.54) is 0 Å². The summed E-state index contributed by atoms with van der Waals surface area (Å²) in [5.41, 5.74) is 0. The van der Waals surface area contributed by atoms with Crippen LogP contribution in [0.1, 0.15) is 0 Å². The van der Waals surface area contributed by atoms with Crippen molar-refractivity contribution < 1.29 is 137 Å². The number of nitrogens with zero attached hydrogens (tertiary/aromatic N) is 1. The first kappa shape index (κ1) is 22.4. The fourth-order valence-corrected chi connectivity index (χ4v) is 0.956. The molecule has 0 aromatic heterocycles. The van der Waals surface area contributed by atoms with Crippen LogP contribution >= 0.6 is 11.8 Å². The second-order valence-electron chi connectivity index (χ2n) is 1.18. The van der Waals surface area contributed by atoms with Gasteiger partial charge in [-0.15, -0.1) is 8.57 Å². The van der Waals surface area contributed by atoms with Crippen LogP contribution in [-0.2, 0) is 29.4 Å². The minimum Gasteiger partial charge on any atom is -0.724 e. The zero-order chi connectivity index (χ0) is 9.99. The minimum absolute atomic E-state index is 0. The van der Waals surface area contributed by atoms with E-state index >= 15 is 0 Å². The van der Waals surface area contributed by atoms with Crippen molar-refractivity contribution in [3.63, 3.8) is 0 Å². The fraction of sp³-hybridized carbons (Fsp3) is 0. The molecule has 0 fully saturated rings. The monoisotopic (exact) mass is 319 g/mol. The molecule has 0 aliphatic rings. The van der Waals surface area contributed by atoms with Gasteiger partial charge in [0.25, 0.3) is 0 Å². The number of halogens is 1. The van der Waals surface area contributed by atoms with Gasteiger partial charge in [-0.2, -0.15) is 0 Å². The van der Waals surface area contributed by atoms with Gasteiger partial charge in [0.05, 0.1) is 4.75 Å². The Balaban J connectivity index is -0.000000605. The molecule has 0 saturated heterocycles. The Kier molecular flexibility index (Phi) is 14.8. The van der Waals surface area contributed by atoms with Crippen molar-refractivity contribution >= 4 is 32.6 Å². The molecule has 0 atom stereocenters. The van der Waals surface area contributed by atoms with Crippen LogP contribution in [0.15, 0.2) is 0 Å². The van der Waals surface area contributed by atoms with Crippen molar-refractivity contribution in [3.8, 4) is 0 Å². The Hall–Kier alpha value is 3.26. The first-order valence-electron chi connectivity index (χ1n) is 1.87. The first-order chi connectivity index (χ1) is 5.10. The van der Waals surface area contributed by atoms with Gasteiger partial charge in [0, 0.05) is 11.8 Å². The fourth-order valence-electron chi connectivity index (χ4n) is 0.156. The van der Waals surface area contributed by atoms with Crippen LogP contribution in [0.5, 0.6) is 0 Å². The van der Waals surface area contributed by atoms with Crippen molar-refractivity contribution in [1.82, 2.24) is 4.75 Å². The quantitative estimate of drug-likeness (QED) is 0.163. The second kappa shape index (κ2) is 9.23. The van der Waals surface area contributed by atoms with Gasteiger partial charge >= 0.3 is 103 Å². The van der Waals surface area contributed by atoms with Gasteiger partial charge < -0.3 is 9.11 Å². The van der Waals surface area contributed by atoms with E-state index in [-0.39, 0.29) is 103 Å².